The average molecular weight is 277 g/mol. The van der Waals surface area contributed by atoms with Gasteiger partial charge in [0.05, 0.1) is 15.9 Å². The minimum absolute atomic E-state index is 0.0539. The molecular weight excluding hydrogens is 266 g/mol. The summed E-state index contributed by atoms with van der Waals surface area (Å²) in [6, 6.07) is 0. The lowest BCUT2D eigenvalue weighted by atomic mass is 10.2. The van der Waals surface area contributed by atoms with Crippen molar-refractivity contribution in [2.45, 2.75) is 18.1 Å². The van der Waals surface area contributed by atoms with Crippen molar-refractivity contribution < 1.29 is 13.3 Å². The molecular formula is C8H11N3O4S2. The van der Waals surface area contributed by atoms with Gasteiger partial charge in [-0.05, 0) is 24.2 Å². The third-order valence-electron chi connectivity index (χ3n) is 2.62. The van der Waals surface area contributed by atoms with Crippen molar-refractivity contribution in [3.05, 3.63) is 16.3 Å². The summed E-state index contributed by atoms with van der Waals surface area (Å²) in [4.78, 5) is 13.7. The number of hydrogen-bond donors (Lipinski definition) is 1. The first-order valence-electron chi connectivity index (χ1n) is 5.05. The van der Waals surface area contributed by atoms with Gasteiger partial charge in [0.1, 0.15) is 6.20 Å². The minimum atomic E-state index is -2.99. The first-order valence-corrected chi connectivity index (χ1v) is 7.58. The highest BCUT2D eigenvalue weighted by molar-refractivity contribution is 7.92. The molecule has 2 rings (SSSR count). The van der Waals surface area contributed by atoms with Crippen LogP contribution in [0.2, 0.25) is 0 Å². The van der Waals surface area contributed by atoms with E-state index in [9.17, 15) is 18.5 Å². The fraction of sp³-hybridized carbons (Fsp3) is 0.625. The second-order valence-corrected chi connectivity index (χ2v) is 7.18. The Balaban J connectivity index is 1.96. The molecule has 0 aliphatic carbocycles. The van der Waals surface area contributed by atoms with Crippen molar-refractivity contribution in [1.29, 1.82) is 0 Å². The molecule has 0 radical (unpaired) electrons. The van der Waals surface area contributed by atoms with Crippen LogP contribution in [0.3, 0.4) is 0 Å². The molecule has 1 atom stereocenters. The second-order valence-electron chi connectivity index (χ2n) is 3.77. The van der Waals surface area contributed by atoms with E-state index >= 15 is 0 Å². The standard InChI is InChI=1S/C8H11N3O4S2/c12-11(13)7-5-10-8(16-7)9-4-6-2-1-3-17(6,14)15/h5-6H,1-4H2,(H,9,10). The van der Waals surface area contributed by atoms with Gasteiger partial charge in [0.25, 0.3) is 0 Å². The van der Waals surface area contributed by atoms with Crippen LogP contribution in [0.5, 0.6) is 0 Å². The Kier molecular flexibility index (Phi) is 3.29. The summed E-state index contributed by atoms with van der Waals surface area (Å²) in [6.07, 6.45) is 2.49. The SMILES string of the molecule is O=[N+]([O-])c1cnc(NCC2CCCS2(=O)=O)s1. The molecule has 94 valence electrons. The minimum Gasteiger partial charge on any atom is -0.360 e. The maximum absolute atomic E-state index is 11.5. The number of thiazole rings is 1. The van der Waals surface area contributed by atoms with Gasteiger partial charge in [0.2, 0.25) is 0 Å². The summed E-state index contributed by atoms with van der Waals surface area (Å²) < 4.78 is 23.1. The monoisotopic (exact) mass is 277 g/mol. The Morgan fingerprint density at radius 2 is 2.41 bits per heavy atom. The van der Waals surface area contributed by atoms with Gasteiger partial charge in [-0.15, -0.1) is 0 Å². The van der Waals surface area contributed by atoms with Crippen LogP contribution in [0, 0.1) is 10.1 Å². The molecule has 17 heavy (non-hydrogen) atoms. The van der Waals surface area contributed by atoms with Gasteiger partial charge in [0, 0.05) is 6.54 Å². The molecule has 1 aliphatic rings. The second kappa shape index (κ2) is 4.57. The maximum atomic E-state index is 11.5. The largest absolute Gasteiger partial charge is 0.360 e. The van der Waals surface area contributed by atoms with Crippen LogP contribution in [-0.2, 0) is 9.84 Å². The van der Waals surface area contributed by atoms with Crippen molar-refractivity contribution in [3.8, 4) is 0 Å². The van der Waals surface area contributed by atoms with Gasteiger partial charge in [-0.3, -0.25) is 10.1 Å². The number of hydrogen-bond acceptors (Lipinski definition) is 7. The summed E-state index contributed by atoms with van der Waals surface area (Å²) in [6.45, 7) is 0.271. The van der Waals surface area contributed by atoms with Gasteiger partial charge in [-0.25, -0.2) is 13.4 Å². The number of sulfone groups is 1. The Hall–Kier alpha value is -1.22. The molecule has 0 spiro atoms. The van der Waals surface area contributed by atoms with Crippen molar-refractivity contribution >= 4 is 31.3 Å². The normalized spacial score (nSPS) is 22.5. The van der Waals surface area contributed by atoms with Crippen LogP contribution in [0.4, 0.5) is 10.1 Å². The molecule has 1 aliphatic heterocycles. The van der Waals surface area contributed by atoms with Crippen LogP contribution in [0.1, 0.15) is 12.8 Å². The molecule has 1 fully saturated rings. The smallest absolute Gasteiger partial charge is 0.345 e. The average Bonchev–Trinajstić information content (AvgIpc) is 2.81. The molecule has 9 heteroatoms. The number of rotatable bonds is 4. The van der Waals surface area contributed by atoms with E-state index in [1.54, 1.807) is 0 Å². The lowest BCUT2D eigenvalue weighted by Gasteiger charge is -2.08. The van der Waals surface area contributed by atoms with Crippen molar-refractivity contribution in [3.63, 3.8) is 0 Å². The predicted octanol–water partition coefficient (Wildman–Crippen LogP) is 1.04. The molecule has 0 saturated carbocycles. The van der Waals surface area contributed by atoms with E-state index in [1.807, 2.05) is 0 Å². The van der Waals surface area contributed by atoms with Crippen LogP contribution in [-0.4, -0.2) is 35.9 Å². The first-order chi connectivity index (χ1) is 7.99. The molecule has 0 amide bonds. The van der Waals surface area contributed by atoms with Crippen molar-refractivity contribution in [1.82, 2.24) is 4.98 Å². The van der Waals surface area contributed by atoms with Crippen LogP contribution >= 0.6 is 11.3 Å². The summed E-state index contributed by atoms with van der Waals surface area (Å²) in [5, 5.41) is 13.2. The molecule has 1 aromatic rings. The maximum Gasteiger partial charge on any atom is 0.345 e. The third-order valence-corrected chi connectivity index (χ3v) is 5.80. The van der Waals surface area contributed by atoms with Crippen molar-refractivity contribution in [2.24, 2.45) is 0 Å². The molecule has 1 N–H and O–H groups in total. The van der Waals surface area contributed by atoms with E-state index in [-0.39, 0.29) is 17.3 Å². The highest BCUT2D eigenvalue weighted by Gasteiger charge is 2.31. The number of nitrogens with zero attached hydrogens (tertiary/aromatic N) is 2. The Labute approximate surface area is 102 Å². The third kappa shape index (κ3) is 2.72. The van der Waals surface area contributed by atoms with E-state index < -0.39 is 20.0 Å². The van der Waals surface area contributed by atoms with Gasteiger partial charge in [0.15, 0.2) is 15.0 Å². The van der Waals surface area contributed by atoms with Gasteiger partial charge in [-0.2, -0.15) is 0 Å². The zero-order valence-corrected chi connectivity index (χ0v) is 10.5. The number of anilines is 1. The first kappa shape index (κ1) is 12.2. The van der Waals surface area contributed by atoms with Crippen LogP contribution in [0.15, 0.2) is 6.20 Å². The van der Waals surface area contributed by atoms with Crippen molar-refractivity contribution in [2.75, 3.05) is 17.6 Å². The number of nitrogens with one attached hydrogen (secondary N) is 1. The van der Waals surface area contributed by atoms with Gasteiger partial charge < -0.3 is 5.32 Å². The zero-order chi connectivity index (χ0) is 12.5. The topological polar surface area (TPSA) is 102 Å². The molecule has 1 unspecified atom stereocenters. The zero-order valence-electron chi connectivity index (χ0n) is 8.83. The van der Waals surface area contributed by atoms with Crippen LogP contribution < -0.4 is 5.32 Å². The van der Waals surface area contributed by atoms with E-state index in [4.69, 9.17) is 0 Å². The molecule has 1 saturated heterocycles. The van der Waals surface area contributed by atoms with E-state index in [2.05, 4.69) is 10.3 Å². The predicted molar refractivity (Wildman–Crippen MR) is 64.1 cm³/mol. The molecule has 0 aromatic carbocycles. The summed E-state index contributed by atoms with van der Waals surface area (Å²) in [5.74, 6) is 0.233. The summed E-state index contributed by atoms with van der Waals surface area (Å²) in [7, 11) is -2.99. The Morgan fingerprint density at radius 1 is 1.65 bits per heavy atom. The van der Waals surface area contributed by atoms with Gasteiger partial charge in [-0.1, -0.05) is 0 Å². The van der Waals surface area contributed by atoms with E-state index in [0.717, 1.165) is 17.5 Å². The van der Waals surface area contributed by atoms with Crippen LogP contribution in [0.25, 0.3) is 0 Å². The molecule has 0 bridgehead atoms. The summed E-state index contributed by atoms with van der Waals surface area (Å²) in [5.41, 5.74) is 0. The molecule has 1 aromatic heterocycles. The van der Waals surface area contributed by atoms with E-state index in [0.29, 0.717) is 18.0 Å². The summed E-state index contributed by atoms with van der Waals surface area (Å²) >= 11 is 0.908. The number of aromatic nitrogens is 1. The lowest BCUT2D eigenvalue weighted by Crippen LogP contribution is -2.24. The molecule has 7 nitrogen and oxygen atoms in total. The highest BCUT2D eigenvalue weighted by atomic mass is 32.2. The Morgan fingerprint density at radius 3 is 2.94 bits per heavy atom. The van der Waals surface area contributed by atoms with E-state index in [1.165, 1.54) is 0 Å². The Bertz CT molecular complexity index is 525. The quantitative estimate of drug-likeness (QED) is 0.651. The molecule has 2 heterocycles. The van der Waals surface area contributed by atoms with Gasteiger partial charge >= 0.3 is 5.00 Å². The fourth-order valence-electron chi connectivity index (χ4n) is 1.72. The lowest BCUT2D eigenvalue weighted by molar-refractivity contribution is -0.380. The number of nitro groups is 1. The fourth-order valence-corrected chi connectivity index (χ4v) is 4.12. The highest BCUT2D eigenvalue weighted by Crippen LogP contribution is 2.26.